The van der Waals surface area contributed by atoms with Gasteiger partial charge in [-0.15, -0.1) is 0 Å². The van der Waals surface area contributed by atoms with Gasteiger partial charge in [0, 0.05) is 5.41 Å². The number of rotatable bonds is 3. The smallest absolute Gasteiger partial charge is 0.282 e. The standard InChI is InChI=1S/C18H17NO3S/c1-18(2)15-12-14(23(20,21)22)9-10-16(15)19-17(18)11-8-13-6-4-3-5-7-13/h3-12H,1-2H3,(H,20,21,22)/b11-8+. The van der Waals surface area contributed by atoms with Gasteiger partial charge in [-0.3, -0.25) is 9.55 Å². The van der Waals surface area contributed by atoms with E-state index in [1.807, 2.05) is 56.3 Å². The van der Waals surface area contributed by atoms with E-state index in [4.69, 9.17) is 0 Å². The van der Waals surface area contributed by atoms with Crippen LogP contribution in [0.15, 0.2) is 64.5 Å². The van der Waals surface area contributed by atoms with Crippen molar-refractivity contribution in [2.45, 2.75) is 24.2 Å². The lowest BCUT2D eigenvalue weighted by Crippen LogP contribution is -2.24. The van der Waals surface area contributed by atoms with Crippen LogP contribution in [0.3, 0.4) is 0 Å². The Morgan fingerprint density at radius 2 is 1.74 bits per heavy atom. The van der Waals surface area contributed by atoms with E-state index in [2.05, 4.69) is 4.99 Å². The SMILES string of the molecule is CC1(C)C(/C=C/c2ccccc2)=Nc2ccc(S(=O)(=O)O)cc21. The zero-order valence-electron chi connectivity index (χ0n) is 12.9. The lowest BCUT2D eigenvalue weighted by molar-refractivity contribution is 0.483. The van der Waals surface area contributed by atoms with Crippen molar-refractivity contribution < 1.29 is 13.0 Å². The second-order valence-electron chi connectivity index (χ2n) is 6.02. The summed E-state index contributed by atoms with van der Waals surface area (Å²) in [6, 6.07) is 14.4. The van der Waals surface area contributed by atoms with Gasteiger partial charge in [-0.25, -0.2) is 0 Å². The molecular weight excluding hydrogens is 310 g/mol. The quantitative estimate of drug-likeness (QED) is 0.866. The molecule has 5 heteroatoms. The molecule has 0 bridgehead atoms. The van der Waals surface area contributed by atoms with Crippen LogP contribution in [0.2, 0.25) is 0 Å². The van der Waals surface area contributed by atoms with Crippen molar-refractivity contribution in [3.05, 3.63) is 65.7 Å². The van der Waals surface area contributed by atoms with E-state index in [9.17, 15) is 13.0 Å². The third kappa shape index (κ3) is 2.98. The fourth-order valence-electron chi connectivity index (χ4n) is 2.67. The lowest BCUT2D eigenvalue weighted by atomic mass is 9.81. The Bertz CT molecular complexity index is 911. The third-order valence-electron chi connectivity index (χ3n) is 4.05. The van der Waals surface area contributed by atoms with E-state index in [1.54, 1.807) is 6.07 Å². The molecule has 1 aliphatic rings. The third-order valence-corrected chi connectivity index (χ3v) is 4.90. The van der Waals surface area contributed by atoms with Gasteiger partial charge in [-0.2, -0.15) is 8.42 Å². The maximum absolute atomic E-state index is 11.3. The molecular formula is C18H17NO3S. The molecule has 1 heterocycles. The summed E-state index contributed by atoms with van der Waals surface area (Å²) in [7, 11) is -4.22. The Hall–Kier alpha value is -2.24. The van der Waals surface area contributed by atoms with Crippen molar-refractivity contribution >= 4 is 27.6 Å². The maximum Gasteiger partial charge on any atom is 0.294 e. The Morgan fingerprint density at radius 3 is 2.39 bits per heavy atom. The van der Waals surface area contributed by atoms with E-state index in [0.29, 0.717) is 0 Å². The van der Waals surface area contributed by atoms with Crippen LogP contribution in [0.25, 0.3) is 6.08 Å². The van der Waals surface area contributed by atoms with Crippen molar-refractivity contribution in [2.24, 2.45) is 4.99 Å². The number of fused-ring (bicyclic) bond motifs is 1. The van der Waals surface area contributed by atoms with E-state index in [0.717, 1.165) is 22.5 Å². The average Bonchev–Trinajstić information content (AvgIpc) is 2.76. The van der Waals surface area contributed by atoms with Crippen molar-refractivity contribution in [3.63, 3.8) is 0 Å². The highest BCUT2D eigenvalue weighted by Crippen LogP contribution is 2.41. The van der Waals surface area contributed by atoms with E-state index < -0.39 is 15.5 Å². The first kappa shape index (κ1) is 15.6. The van der Waals surface area contributed by atoms with Gasteiger partial charge in [0.05, 0.1) is 16.3 Å². The molecule has 0 saturated heterocycles. The van der Waals surface area contributed by atoms with Crippen LogP contribution < -0.4 is 0 Å². The molecule has 0 saturated carbocycles. The minimum atomic E-state index is -4.22. The zero-order chi connectivity index (χ0) is 16.7. The fraction of sp³-hybridized carbons (Fsp3) is 0.167. The van der Waals surface area contributed by atoms with Gasteiger partial charge >= 0.3 is 0 Å². The van der Waals surface area contributed by atoms with Gasteiger partial charge in [0.2, 0.25) is 0 Å². The zero-order valence-corrected chi connectivity index (χ0v) is 13.7. The summed E-state index contributed by atoms with van der Waals surface area (Å²) in [6.45, 7) is 3.97. The summed E-state index contributed by atoms with van der Waals surface area (Å²) in [4.78, 5) is 4.49. The van der Waals surface area contributed by atoms with Crippen molar-refractivity contribution in [1.82, 2.24) is 0 Å². The molecule has 0 unspecified atom stereocenters. The average molecular weight is 327 g/mol. The van der Waals surface area contributed by atoms with Gasteiger partial charge in [0.15, 0.2) is 0 Å². The van der Waals surface area contributed by atoms with Gasteiger partial charge in [-0.05, 0) is 35.4 Å². The highest BCUT2D eigenvalue weighted by Gasteiger charge is 2.34. The van der Waals surface area contributed by atoms with Crippen molar-refractivity contribution in [2.75, 3.05) is 0 Å². The molecule has 0 aromatic heterocycles. The molecule has 4 nitrogen and oxygen atoms in total. The number of benzene rings is 2. The molecule has 2 aromatic carbocycles. The topological polar surface area (TPSA) is 66.7 Å². The van der Waals surface area contributed by atoms with Gasteiger partial charge in [0.25, 0.3) is 10.1 Å². The molecule has 2 aromatic rings. The molecule has 0 amide bonds. The normalized spacial score (nSPS) is 16.4. The molecule has 1 N–H and O–H groups in total. The number of allylic oxidation sites excluding steroid dienone is 1. The molecule has 1 aliphatic heterocycles. The highest BCUT2D eigenvalue weighted by molar-refractivity contribution is 7.85. The monoisotopic (exact) mass is 327 g/mol. The summed E-state index contributed by atoms with van der Waals surface area (Å²) in [6.07, 6.45) is 3.93. The van der Waals surface area contributed by atoms with Gasteiger partial charge < -0.3 is 0 Å². The second kappa shape index (κ2) is 5.44. The van der Waals surface area contributed by atoms with Crippen LogP contribution in [-0.2, 0) is 15.5 Å². The summed E-state index contributed by atoms with van der Waals surface area (Å²) < 4.78 is 31.9. The predicted octanol–water partition coefficient (Wildman–Crippen LogP) is 4.01. The molecule has 0 spiro atoms. The van der Waals surface area contributed by atoms with Gasteiger partial charge in [-0.1, -0.05) is 50.3 Å². The van der Waals surface area contributed by atoms with Crippen molar-refractivity contribution in [1.29, 1.82) is 0 Å². The minimum absolute atomic E-state index is 0.104. The summed E-state index contributed by atoms with van der Waals surface area (Å²) in [5.41, 5.74) is 3.02. The first-order chi connectivity index (χ1) is 10.8. The molecule has 0 fully saturated rings. The Kier molecular flexibility index (Phi) is 3.70. The van der Waals surface area contributed by atoms with Crippen molar-refractivity contribution in [3.8, 4) is 0 Å². The van der Waals surface area contributed by atoms with Crippen LogP contribution in [-0.4, -0.2) is 18.7 Å². The van der Waals surface area contributed by atoms with E-state index in [-0.39, 0.29) is 4.90 Å². The molecule has 0 aliphatic carbocycles. The van der Waals surface area contributed by atoms with E-state index in [1.165, 1.54) is 12.1 Å². The lowest BCUT2D eigenvalue weighted by Gasteiger charge is -2.20. The van der Waals surface area contributed by atoms with Crippen LogP contribution in [0, 0.1) is 0 Å². The summed E-state index contributed by atoms with van der Waals surface area (Å²) >= 11 is 0. The summed E-state index contributed by atoms with van der Waals surface area (Å²) in [5.74, 6) is 0. The first-order valence-electron chi connectivity index (χ1n) is 7.23. The van der Waals surface area contributed by atoms with Crippen LogP contribution in [0.4, 0.5) is 5.69 Å². The number of hydrogen-bond donors (Lipinski definition) is 1. The number of nitrogens with zero attached hydrogens (tertiary/aromatic N) is 1. The molecule has 0 atom stereocenters. The van der Waals surface area contributed by atoms with Crippen LogP contribution in [0.5, 0.6) is 0 Å². The Labute approximate surface area is 136 Å². The predicted molar refractivity (Wildman–Crippen MR) is 91.9 cm³/mol. The van der Waals surface area contributed by atoms with Crippen LogP contribution in [0.1, 0.15) is 25.0 Å². The largest absolute Gasteiger partial charge is 0.294 e. The molecule has 0 radical (unpaired) electrons. The van der Waals surface area contributed by atoms with E-state index >= 15 is 0 Å². The number of hydrogen-bond acceptors (Lipinski definition) is 3. The van der Waals surface area contributed by atoms with Gasteiger partial charge in [0.1, 0.15) is 0 Å². The molecule has 3 rings (SSSR count). The highest BCUT2D eigenvalue weighted by atomic mass is 32.2. The first-order valence-corrected chi connectivity index (χ1v) is 8.67. The van der Waals surface area contributed by atoms with Crippen LogP contribution >= 0.6 is 0 Å². The number of aliphatic imine (C=N–C) groups is 1. The second-order valence-corrected chi connectivity index (χ2v) is 7.44. The summed E-state index contributed by atoms with van der Waals surface area (Å²) in [5, 5.41) is 0. The Morgan fingerprint density at radius 1 is 1.04 bits per heavy atom. The molecule has 118 valence electrons. The maximum atomic E-state index is 11.3. The fourth-order valence-corrected chi connectivity index (χ4v) is 3.17. The Balaban J connectivity index is 1.98. The minimum Gasteiger partial charge on any atom is -0.282 e. The molecule has 23 heavy (non-hydrogen) atoms.